The van der Waals surface area contributed by atoms with Crippen molar-refractivity contribution in [1.29, 1.82) is 0 Å². The monoisotopic (exact) mass is 282 g/mol. The second-order valence-electron chi connectivity index (χ2n) is 2.70. The maximum Gasteiger partial charge on any atom is 0.181 e. The van der Waals surface area contributed by atoms with E-state index in [2.05, 4.69) is 25.3 Å². The molecule has 0 bridgehead atoms. The van der Waals surface area contributed by atoms with Crippen molar-refractivity contribution in [3.05, 3.63) is 21.8 Å². The van der Waals surface area contributed by atoms with Gasteiger partial charge in [-0.1, -0.05) is 11.6 Å². The highest BCUT2D eigenvalue weighted by molar-refractivity contribution is 9.10. The minimum Gasteiger partial charge on any atom is -0.250 e. The Bertz CT molecular complexity index is 432. The maximum atomic E-state index is 11.3. The molecule has 0 aliphatic carbocycles. The normalized spacial score (nSPS) is 11.4. The first-order valence-electron chi connectivity index (χ1n) is 3.37. The van der Waals surface area contributed by atoms with Crippen LogP contribution in [0.15, 0.2) is 21.1 Å². The van der Waals surface area contributed by atoms with Crippen molar-refractivity contribution >= 4 is 43.1 Å². The summed E-state index contributed by atoms with van der Waals surface area (Å²) < 4.78 is 15.9. The third kappa shape index (κ3) is 3.25. The average Bonchev–Trinajstić information content (AvgIpc) is 1.96. The number of aromatic nitrogens is 1. The highest BCUT2D eigenvalue weighted by Gasteiger charge is 2.05. The molecule has 0 spiro atoms. The molecule has 0 saturated heterocycles. The van der Waals surface area contributed by atoms with E-state index in [0.29, 0.717) is 15.3 Å². The molecule has 0 radical (unpaired) electrons. The van der Waals surface area contributed by atoms with Gasteiger partial charge in [0.05, 0.1) is 0 Å². The molecule has 6 heteroatoms. The Balaban J connectivity index is 3.34. The van der Waals surface area contributed by atoms with Crippen molar-refractivity contribution in [1.82, 2.24) is 4.98 Å². The van der Waals surface area contributed by atoms with Gasteiger partial charge in [0, 0.05) is 32.9 Å². The van der Waals surface area contributed by atoms with Crippen molar-refractivity contribution < 1.29 is 4.21 Å². The van der Waals surface area contributed by atoms with E-state index in [4.69, 9.17) is 11.6 Å². The lowest BCUT2D eigenvalue weighted by Gasteiger charge is -1.99. The molecular weight excluding hydrogens is 276 g/mol. The Hall–Kier alpha value is -0.130. The lowest BCUT2D eigenvalue weighted by atomic mass is 10.5. The van der Waals surface area contributed by atoms with Crippen molar-refractivity contribution in [2.45, 2.75) is 0 Å². The van der Waals surface area contributed by atoms with Crippen LogP contribution < -0.4 is 0 Å². The summed E-state index contributed by atoms with van der Waals surface area (Å²) in [7, 11) is -2.21. The number of pyridine rings is 1. The van der Waals surface area contributed by atoms with E-state index in [1.165, 1.54) is 12.5 Å². The van der Waals surface area contributed by atoms with Gasteiger partial charge < -0.3 is 0 Å². The second kappa shape index (κ2) is 3.94. The topological polar surface area (TPSA) is 42.3 Å². The summed E-state index contributed by atoms with van der Waals surface area (Å²) in [5.74, 6) is 0.311. The van der Waals surface area contributed by atoms with Gasteiger partial charge in [0.25, 0.3) is 0 Å². The Morgan fingerprint density at radius 2 is 2.23 bits per heavy atom. The molecule has 3 nitrogen and oxygen atoms in total. The lowest BCUT2D eigenvalue weighted by molar-refractivity contribution is 0.684. The summed E-state index contributed by atoms with van der Waals surface area (Å²) >= 11 is 9.10. The molecule has 0 N–H and O–H groups in total. The van der Waals surface area contributed by atoms with E-state index in [0.717, 1.165) is 0 Å². The summed E-state index contributed by atoms with van der Waals surface area (Å²) in [6.07, 6.45) is 4.62. The van der Waals surface area contributed by atoms with Gasteiger partial charge >= 0.3 is 0 Å². The predicted molar refractivity (Wildman–Crippen MR) is 59.0 cm³/mol. The fourth-order valence-corrected chi connectivity index (χ4v) is 1.74. The molecular formula is C7H8BrClN2OS. The highest BCUT2D eigenvalue weighted by atomic mass is 79.9. The van der Waals surface area contributed by atoms with Crippen LogP contribution in [-0.4, -0.2) is 21.7 Å². The van der Waals surface area contributed by atoms with Crippen molar-refractivity contribution in [3.63, 3.8) is 0 Å². The molecule has 1 heterocycles. The van der Waals surface area contributed by atoms with Gasteiger partial charge in [-0.15, -0.1) is 0 Å². The van der Waals surface area contributed by atoms with E-state index >= 15 is 0 Å². The Kier molecular flexibility index (Phi) is 3.32. The Labute approximate surface area is 90.8 Å². The largest absolute Gasteiger partial charge is 0.250 e. The third-order valence-electron chi connectivity index (χ3n) is 1.13. The Morgan fingerprint density at radius 3 is 2.77 bits per heavy atom. The van der Waals surface area contributed by atoms with Crippen molar-refractivity contribution in [2.75, 3.05) is 12.5 Å². The molecule has 1 aromatic heterocycles. The summed E-state index contributed by atoms with van der Waals surface area (Å²) in [4.78, 5) is 3.92. The van der Waals surface area contributed by atoms with Crippen LogP contribution >= 0.6 is 27.5 Å². The molecule has 0 aliphatic rings. The van der Waals surface area contributed by atoms with Gasteiger partial charge in [0.1, 0.15) is 5.02 Å². The molecule has 1 rings (SSSR count). The van der Waals surface area contributed by atoms with Crippen LogP contribution in [0.3, 0.4) is 0 Å². The summed E-state index contributed by atoms with van der Waals surface area (Å²) in [5, 5.41) is 0.388. The van der Waals surface area contributed by atoms with Gasteiger partial charge in [0.2, 0.25) is 0 Å². The smallest absolute Gasteiger partial charge is 0.181 e. The predicted octanol–water partition coefficient (Wildman–Crippen LogP) is 2.86. The molecule has 0 aromatic carbocycles. The summed E-state index contributed by atoms with van der Waals surface area (Å²) in [5.41, 5.74) is 0. The number of hydrogen-bond donors (Lipinski definition) is 0. The molecule has 0 saturated carbocycles. The zero-order valence-corrected chi connectivity index (χ0v) is 10.3. The number of rotatable bonds is 1. The zero-order chi connectivity index (χ0) is 10.1. The van der Waals surface area contributed by atoms with E-state index in [1.807, 2.05) is 0 Å². The number of hydrogen-bond acceptors (Lipinski definition) is 3. The molecule has 72 valence electrons. The van der Waals surface area contributed by atoms with Crippen LogP contribution in [0.4, 0.5) is 5.82 Å². The summed E-state index contributed by atoms with van der Waals surface area (Å²) in [6, 6.07) is 1.70. The van der Waals surface area contributed by atoms with Gasteiger partial charge in [-0.3, -0.25) is 0 Å². The fraction of sp³-hybridized carbons (Fsp3) is 0.286. The first kappa shape index (κ1) is 10.9. The molecule has 0 amide bonds. The fourth-order valence-electron chi connectivity index (χ4n) is 0.682. The standard InChI is InChI=1S/C7H8BrClN2OS/c1-13(2,12)11-7-6(9)5(8)3-4-10-7/h3-4H,1-2H3. The first-order chi connectivity index (χ1) is 5.90. The van der Waals surface area contributed by atoms with E-state index in [-0.39, 0.29) is 0 Å². The van der Waals surface area contributed by atoms with Gasteiger partial charge in [-0.05, 0) is 22.0 Å². The quantitative estimate of drug-likeness (QED) is 0.795. The van der Waals surface area contributed by atoms with Crippen LogP contribution in [0, 0.1) is 0 Å². The molecule has 13 heavy (non-hydrogen) atoms. The molecule has 1 aromatic rings. The molecule has 0 aliphatic heterocycles. The number of halogens is 2. The molecule has 0 unspecified atom stereocenters. The minimum atomic E-state index is -2.21. The SMILES string of the molecule is CS(C)(=O)=Nc1nccc(Br)c1Cl. The average molecular weight is 284 g/mol. The maximum absolute atomic E-state index is 11.3. The van der Waals surface area contributed by atoms with Gasteiger partial charge in [-0.25, -0.2) is 9.19 Å². The van der Waals surface area contributed by atoms with E-state index in [1.54, 1.807) is 12.3 Å². The molecule has 0 atom stereocenters. The highest BCUT2D eigenvalue weighted by Crippen LogP contribution is 2.30. The second-order valence-corrected chi connectivity index (χ2v) is 6.48. The van der Waals surface area contributed by atoms with Crippen molar-refractivity contribution in [3.8, 4) is 0 Å². The summed E-state index contributed by atoms with van der Waals surface area (Å²) in [6.45, 7) is 0. The van der Waals surface area contributed by atoms with Crippen LogP contribution in [0.1, 0.15) is 0 Å². The van der Waals surface area contributed by atoms with Crippen LogP contribution in [0.25, 0.3) is 0 Å². The van der Waals surface area contributed by atoms with E-state index < -0.39 is 9.73 Å². The van der Waals surface area contributed by atoms with Gasteiger partial charge in [-0.2, -0.15) is 4.36 Å². The first-order valence-corrected chi connectivity index (χ1v) is 6.87. The molecule has 0 fully saturated rings. The van der Waals surface area contributed by atoms with Crippen LogP contribution in [0.5, 0.6) is 0 Å². The van der Waals surface area contributed by atoms with Crippen molar-refractivity contribution in [2.24, 2.45) is 4.36 Å². The number of nitrogens with zero attached hydrogens (tertiary/aromatic N) is 2. The van der Waals surface area contributed by atoms with Crippen LogP contribution in [0.2, 0.25) is 5.02 Å². The van der Waals surface area contributed by atoms with E-state index in [9.17, 15) is 4.21 Å². The van der Waals surface area contributed by atoms with Gasteiger partial charge in [0.15, 0.2) is 5.82 Å². The zero-order valence-electron chi connectivity index (χ0n) is 7.12. The third-order valence-corrected chi connectivity index (χ3v) is 3.00. The lowest BCUT2D eigenvalue weighted by Crippen LogP contribution is -1.90. The Morgan fingerprint density at radius 1 is 1.62 bits per heavy atom. The minimum absolute atomic E-state index is 0.311. The van der Waals surface area contributed by atoms with Crippen LogP contribution in [-0.2, 0) is 9.73 Å².